The van der Waals surface area contributed by atoms with Gasteiger partial charge in [-0.3, -0.25) is 4.79 Å². The monoisotopic (exact) mass is 306 g/mol. The van der Waals surface area contributed by atoms with Crippen LogP contribution in [0, 0.1) is 17.7 Å². The van der Waals surface area contributed by atoms with E-state index in [1.165, 1.54) is 12.1 Å². The Labute approximate surface area is 130 Å². The fourth-order valence-corrected chi connectivity index (χ4v) is 3.64. The summed E-state index contributed by atoms with van der Waals surface area (Å²) in [7, 11) is 0. The number of nitrogens with zero attached hydrogens (tertiary/aromatic N) is 1. The molecule has 1 aliphatic carbocycles. The van der Waals surface area contributed by atoms with E-state index in [9.17, 15) is 9.18 Å². The minimum absolute atomic E-state index is 0.185. The lowest BCUT2D eigenvalue weighted by Gasteiger charge is -2.18. The third-order valence-electron chi connectivity index (χ3n) is 4.86. The number of halogens is 1. The fraction of sp³-hybridized carbons (Fsp3) is 0.588. The summed E-state index contributed by atoms with van der Waals surface area (Å²) in [5.41, 5.74) is 6.09. The van der Waals surface area contributed by atoms with Crippen LogP contribution in [0.1, 0.15) is 25.7 Å². The van der Waals surface area contributed by atoms with Crippen LogP contribution in [0.2, 0.25) is 0 Å². The zero-order valence-corrected chi connectivity index (χ0v) is 12.7. The first-order valence-corrected chi connectivity index (χ1v) is 8.05. The molecule has 1 aromatic rings. The van der Waals surface area contributed by atoms with Gasteiger partial charge in [0.2, 0.25) is 5.91 Å². The molecule has 3 unspecified atom stereocenters. The molecular weight excluding hydrogens is 283 g/mol. The van der Waals surface area contributed by atoms with Crippen LogP contribution in [-0.4, -0.2) is 36.5 Å². The maximum atomic E-state index is 13.0. The average Bonchev–Trinajstić information content (AvgIpc) is 3.06. The third-order valence-corrected chi connectivity index (χ3v) is 4.86. The maximum Gasteiger partial charge on any atom is 0.222 e. The predicted molar refractivity (Wildman–Crippen MR) is 81.9 cm³/mol. The van der Waals surface area contributed by atoms with Crippen molar-refractivity contribution < 1.29 is 13.9 Å². The van der Waals surface area contributed by atoms with Gasteiger partial charge >= 0.3 is 0 Å². The van der Waals surface area contributed by atoms with Crippen molar-refractivity contribution in [1.82, 2.24) is 4.90 Å². The number of rotatable bonds is 5. The van der Waals surface area contributed by atoms with Crippen LogP contribution in [0.25, 0.3) is 0 Å². The van der Waals surface area contributed by atoms with Crippen molar-refractivity contribution in [2.24, 2.45) is 17.6 Å². The lowest BCUT2D eigenvalue weighted by molar-refractivity contribution is -0.130. The van der Waals surface area contributed by atoms with Crippen LogP contribution in [0.15, 0.2) is 24.3 Å². The van der Waals surface area contributed by atoms with Gasteiger partial charge < -0.3 is 15.4 Å². The molecule has 0 bridgehead atoms. The van der Waals surface area contributed by atoms with Gasteiger partial charge in [0, 0.05) is 31.6 Å². The topological polar surface area (TPSA) is 55.6 Å². The van der Waals surface area contributed by atoms with E-state index < -0.39 is 0 Å². The molecule has 0 spiro atoms. The van der Waals surface area contributed by atoms with Gasteiger partial charge in [-0.1, -0.05) is 6.07 Å². The number of ether oxygens (including phenoxy) is 1. The van der Waals surface area contributed by atoms with Crippen molar-refractivity contribution in [3.63, 3.8) is 0 Å². The number of hydrogen-bond donors (Lipinski definition) is 1. The summed E-state index contributed by atoms with van der Waals surface area (Å²) < 4.78 is 18.5. The molecule has 120 valence electrons. The molecule has 2 aliphatic rings. The SMILES string of the molecule is NC1CCC2CN(C(=O)CCCOc3cccc(F)c3)CC12. The molecule has 5 heteroatoms. The second-order valence-corrected chi connectivity index (χ2v) is 6.37. The normalized spacial score (nSPS) is 27.0. The third kappa shape index (κ3) is 3.40. The molecule has 1 heterocycles. The number of hydrogen-bond acceptors (Lipinski definition) is 3. The summed E-state index contributed by atoms with van der Waals surface area (Å²) in [6, 6.07) is 6.32. The second kappa shape index (κ2) is 6.65. The number of carbonyl (C=O) groups excluding carboxylic acids is 1. The fourth-order valence-electron chi connectivity index (χ4n) is 3.64. The Hall–Kier alpha value is -1.62. The van der Waals surface area contributed by atoms with Crippen molar-refractivity contribution in [3.05, 3.63) is 30.1 Å². The van der Waals surface area contributed by atoms with E-state index in [1.54, 1.807) is 12.1 Å². The first-order chi connectivity index (χ1) is 10.6. The Morgan fingerprint density at radius 3 is 3.00 bits per heavy atom. The van der Waals surface area contributed by atoms with E-state index in [0.29, 0.717) is 37.0 Å². The summed E-state index contributed by atoms with van der Waals surface area (Å²) in [4.78, 5) is 14.2. The summed E-state index contributed by atoms with van der Waals surface area (Å²) >= 11 is 0. The highest BCUT2D eigenvalue weighted by molar-refractivity contribution is 5.76. The van der Waals surface area contributed by atoms with Gasteiger partial charge in [-0.25, -0.2) is 4.39 Å². The Kier molecular flexibility index (Phi) is 4.62. The lowest BCUT2D eigenvalue weighted by Crippen LogP contribution is -2.33. The largest absolute Gasteiger partial charge is 0.493 e. The summed E-state index contributed by atoms with van der Waals surface area (Å²) in [6.07, 6.45) is 3.37. The standard InChI is InChI=1S/C17H23FN2O2/c18-13-3-1-4-14(9-13)22-8-2-5-17(21)20-10-12-6-7-16(19)15(12)11-20/h1,3-4,9,12,15-16H,2,5-8,10-11,19H2. The number of amides is 1. The van der Waals surface area contributed by atoms with Gasteiger partial charge in [0.25, 0.3) is 0 Å². The molecule has 0 aromatic heterocycles. The number of benzene rings is 1. The molecule has 3 atom stereocenters. The van der Waals surface area contributed by atoms with E-state index in [-0.39, 0.29) is 17.8 Å². The Bertz CT molecular complexity index is 537. The zero-order chi connectivity index (χ0) is 15.5. The molecule has 0 radical (unpaired) electrons. The first kappa shape index (κ1) is 15.3. The van der Waals surface area contributed by atoms with Gasteiger partial charge in [0.15, 0.2) is 0 Å². The quantitative estimate of drug-likeness (QED) is 0.848. The second-order valence-electron chi connectivity index (χ2n) is 6.37. The van der Waals surface area contributed by atoms with Crippen LogP contribution in [0.5, 0.6) is 5.75 Å². The van der Waals surface area contributed by atoms with Crippen LogP contribution < -0.4 is 10.5 Å². The van der Waals surface area contributed by atoms with Crippen molar-refractivity contribution in [2.75, 3.05) is 19.7 Å². The van der Waals surface area contributed by atoms with Gasteiger partial charge in [0.1, 0.15) is 11.6 Å². The van der Waals surface area contributed by atoms with E-state index in [0.717, 1.165) is 25.9 Å². The molecule has 3 rings (SSSR count). The molecule has 2 fully saturated rings. The van der Waals surface area contributed by atoms with Crippen molar-refractivity contribution in [3.8, 4) is 5.75 Å². The minimum atomic E-state index is -0.312. The van der Waals surface area contributed by atoms with E-state index in [1.807, 2.05) is 4.90 Å². The predicted octanol–water partition coefficient (Wildman–Crippen LogP) is 2.18. The molecule has 1 aromatic carbocycles. The first-order valence-electron chi connectivity index (χ1n) is 8.05. The van der Waals surface area contributed by atoms with Crippen LogP contribution in [0.3, 0.4) is 0 Å². The molecule has 4 nitrogen and oxygen atoms in total. The number of nitrogens with two attached hydrogens (primary N) is 1. The van der Waals surface area contributed by atoms with Crippen LogP contribution in [0.4, 0.5) is 4.39 Å². The molecule has 1 amide bonds. The number of likely N-dealkylation sites (tertiary alicyclic amines) is 1. The van der Waals surface area contributed by atoms with Gasteiger partial charge in [-0.15, -0.1) is 0 Å². The average molecular weight is 306 g/mol. The Morgan fingerprint density at radius 2 is 2.23 bits per heavy atom. The Morgan fingerprint density at radius 1 is 1.36 bits per heavy atom. The highest BCUT2D eigenvalue weighted by Crippen LogP contribution is 2.37. The van der Waals surface area contributed by atoms with E-state index in [4.69, 9.17) is 10.5 Å². The van der Waals surface area contributed by atoms with Crippen LogP contribution in [-0.2, 0) is 4.79 Å². The van der Waals surface area contributed by atoms with Gasteiger partial charge in [-0.2, -0.15) is 0 Å². The minimum Gasteiger partial charge on any atom is -0.493 e. The zero-order valence-electron chi connectivity index (χ0n) is 12.7. The van der Waals surface area contributed by atoms with E-state index >= 15 is 0 Å². The highest BCUT2D eigenvalue weighted by Gasteiger charge is 2.42. The molecule has 22 heavy (non-hydrogen) atoms. The summed E-state index contributed by atoms with van der Waals surface area (Å²) in [5.74, 6) is 1.47. The lowest BCUT2D eigenvalue weighted by atomic mass is 9.98. The van der Waals surface area contributed by atoms with Crippen molar-refractivity contribution in [1.29, 1.82) is 0 Å². The van der Waals surface area contributed by atoms with Crippen molar-refractivity contribution in [2.45, 2.75) is 31.7 Å². The van der Waals surface area contributed by atoms with Gasteiger partial charge in [0.05, 0.1) is 6.61 Å². The number of carbonyl (C=O) groups is 1. The molecule has 2 N–H and O–H groups in total. The van der Waals surface area contributed by atoms with Gasteiger partial charge in [-0.05, 0) is 43.2 Å². The number of fused-ring (bicyclic) bond motifs is 1. The Balaban J connectivity index is 1.38. The molecule has 1 aliphatic heterocycles. The van der Waals surface area contributed by atoms with E-state index in [2.05, 4.69) is 0 Å². The smallest absolute Gasteiger partial charge is 0.222 e. The summed E-state index contributed by atoms with van der Waals surface area (Å²) in [5, 5.41) is 0. The van der Waals surface area contributed by atoms with Crippen LogP contribution >= 0.6 is 0 Å². The molecule has 1 saturated carbocycles. The molecule has 1 saturated heterocycles. The molecular formula is C17H23FN2O2. The van der Waals surface area contributed by atoms with Crippen molar-refractivity contribution >= 4 is 5.91 Å². The highest BCUT2D eigenvalue weighted by atomic mass is 19.1. The maximum absolute atomic E-state index is 13.0. The summed E-state index contributed by atoms with van der Waals surface area (Å²) in [6.45, 7) is 2.10.